The van der Waals surface area contributed by atoms with Crippen molar-refractivity contribution < 1.29 is 62.5 Å². The minimum absolute atomic E-state index is 0. The Kier molecular flexibility index (Phi) is 13.1. The molecule has 36 heavy (non-hydrogen) atoms. The summed E-state index contributed by atoms with van der Waals surface area (Å²) in [6.45, 7) is 0. The summed E-state index contributed by atoms with van der Waals surface area (Å²) in [6, 6.07) is 20.0. The van der Waals surface area contributed by atoms with E-state index in [9.17, 15) is 22.0 Å². The first-order valence-electron chi connectivity index (χ1n) is 10.00. The van der Waals surface area contributed by atoms with E-state index in [2.05, 4.69) is 49.7 Å². The standard InChI is InChI=1S/C22H21BrF2NO5PS3.Na.H/c23-22-11-18(5-6-19(22)12-32(27,30-24)31-25)14-33-13-16-1-3-17(4-2-16)15-34-20-7-9-21(10-8-20)35(26,28)29;;/h1-11H,12-15H2,(H2,26,28,29);;/q;+1;-1. The summed E-state index contributed by atoms with van der Waals surface area (Å²) in [6.07, 6.45) is -0.528. The molecule has 0 unspecified atom stereocenters. The summed E-state index contributed by atoms with van der Waals surface area (Å²) in [5.41, 5.74) is 3.71. The van der Waals surface area contributed by atoms with Gasteiger partial charge >= 0.3 is 37.2 Å². The molecule has 0 fully saturated rings. The van der Waals surface area contributed by atoms with E-state index in [0.717, 1.165) is 33.1 Å². The Morgan fingerprint density at radius 2 is 1.42 bits per heavy atom. The van der Waals surface area contributed by atoms with Crippen molar-refractivity contribution in [2.75, 3.05) is 0 Å². The fraction of sp³-hybridized carbons (Fsp3) is 0.182. The summed E-state index contributed by atoms with van der Waals surface area (Å²) in [7, 11) is -8.13. The zero-order valence-electron chi connectivity index (χ0n) is 20.1. The molecule has 0 aromatic heterocycles. The summed E-state index contributed by atoms with van der Waals surface area (Å²) in [5, 5.41) is 5.12. The van der Waals surface area contributed by atoms with Crippen molar-refractivity contribution >= 4 is 57.1 Å². The molecule has 0 saturated carbocycles. The number of nitrogens with two attached hydrogens (primary N) is 1. The van der Waals surface area contributed by atoms with Gasteiger partial charge in [-0.25, -0.2) is 13.6 Å². The quantitative estimate of drug-likeness (QED) is 0.177. The van der Waals surface area contributed by atoms with Gasteiger partial charge < -0.3 is 1.43 Å². The number of sulfonamides is 1. The average molecular weight is 648 g/mol. The van der Waals surface area contributed by atoms with Gasteiger partial charge in [0.05, 0.1) is 11.1 Å². The number of benzene rings is 3. The molecule has 14 heteroatoms. The van der Waals surface area contributed by atoms with Crippen LogP contribution in [0.2, 0.25) is 0 Å². The Morgan fingerprint density at radius 1 is 0.889 bits per heavy atom. The first-order valence-corrected chi connectivity index (χ1v) is 16.2. The fourth-order valence-corrected chi connectivity index (χ4v) is 6.90. The summed E-state index contributed by atoms with van der Waals surface area (Å²) in [5.74, 6) is 2.25. The molecule has 6 nitrogen and oxygen atoms in total. The molecule has 0 atom stereocenters. The van der Waals surface area contributed by atoms with Crippen molar-refractivity contribution in [2.45, 2.75) is 33.2 Å². The fourth-order valence-electron chi connectivity index (χ4n) is 2.99. The van der Waals surface area contributed by atoms with Gasteiger partial charge in [0.15, 0.2) is 0 Å². The van der Waals surface area contributed by atoms with Gasteiger partial charge in [-0.3, -0.25) is 4.57 Å². The molecule has 0 bridgehead atoms. The van der Waals surface area contributed by atoms with Crippen LogP contribution in [0, 0.1) is 0 Å². The predicted molar refractivity (Wildman–Crippen MR) is 140 cm³/mol. The van der Waals surface area contributed by atoms with Gasteiger partial charge in [-0.2, -0.15) is 11.8 Å². The van der Waals surface area contributed by atoms with E-state index < -0.39 is 23.8 Å². The number of primary sulfonamides is 1. The molecule has 0 aliphatic carbocycles. The second-order valence-electron chi connectivity index (χ2n) is 7.45. The molecule has 0 aliphatic rings. The molecular formula is C22H22BrF2NNaO5PS3. The third-order valence-corrected chi connectivity index (χ3v) is 9.78. The maximum absolute atomic E-state index is 12.3. The molecule has 190 valence electrons. The first-order chi connectivity index (χ1) is 16.6. The SMILES string of the molecule is NS(=O)(=O)c1ccc(SCc2ccc(CSCc3ccc(CP(=O)(OF)OF)c(Br)c3)cc2)cc1.[H-].[Na+]. The van der Waals surface area contributed by atoms with Gasteiger partial charge in [-0.1, -0.05) is 52.3 Å². The van der Waals surface area contributed by atoms with Crippen LogP contribution >= 0.6 is 47.0 Å². The van der Waals surface area contributed by atoms with Crippen molar-refractivity contribution in [1.29, 1.82) is 0 Å². The van der Waals surface area contributed by atoms with Crippen molar-refractivity contribution in [1.82, 2.24) is 0 Å². The summed E-state index contributed by atoms with van der Waals surface area (Å²) >= 11 is 6.63. The predicted octanol–water partition coefficient (Wildman–Crippen LogP) is 4.43. The Bertz CT molecular complexity index is 1300. The van der Waals surface area contributed by atoms with Crippen LogP contribution in [0.25, 0.3) is 0 Å². The summed E-state index contributed by atoms with van der Waals surface area (Å²) < 4.78 is 65.8. The largest absolute Gasteiger partial charge is 1.00 e. The van der Waals surface area contributed by atoms with Crippen molar-refractivity contribution in [3.8, 4) is 0 Å². The van der Waals surface area contributed by atoms with Gasteiger partial charge in [0, 0.05) is 26.6 Å². The minimum atomic E-state index is -4.44. The van der Waals surface area contributed by atoms with E-state index in [1.54, 1.807) is 53.9 Å². The molecule has 0 aliphatic heterocycles. The zero-order valence-corrected chi connectivity index (χ0v) is 26.0. The Hall–Kier alpha value is -0.240. The van der Waals surface area contributed by atoms with Crippen LogP contribution in [-0.4, -0.2) is 8.42 Å². The van der Waals surface area contributed by atoms with Crippen LogP contribution < -0.4 is 34.7 Å². The third-order valence-electron chi connectivity index (χ3n) is 4.81. The zero-order chi connectivity index (χ0) is 25.5. The van der Waals surface area contributed by atoms with Crippen LogP contribution in [0.15, 0.2) is 81.0 Å². The van der Waals surface area contributed by atoms with Gasteiger partial charge in [-0.15, -0.1) is 21.2 Å². The molecule has 3 aromatic carbocycles. The third kappa shape index (κ3) is 9.81. The number of rotatable bonds is 12. The topological polar surface area (TPSA) is 95.7 Å². The Morgan fingerprint density at radius 3 is 1.94 bits per heavy atom. The van der Waals surface area contributed by atoms with Gasteiger partial charge in [0.25, 0.3) is 0 Å². The van der Waals surface area contributed by atoms with Crippen LogP contribution in [0.1, 0.15) is 23.7 Å². The van der Waals surface area contributed by atoms with Crippen molar-refractivity contribution in [3.63, 3.8) is 0 Å². The summed E-state index contributed by atoms with van der Waals surface area (Å²) in [4.78, 5) is 1.04. The smallest absolute Gasteiger partial charge is 1.00 e. The molecule has 2 N–H and O–H groups in total. The van der Waals surface area contributed by atoms with Gasteiger partial charge in [-0.05, 0) is 61.6 Å². The van der Waals surface area contributed by atoms with Crippen LogP contribution in [0.5, 0.6) is 0 Å². The second-order valence-corrected chi connectivity index (χ2v) is 13.7. The molecule has 3 aromatic rings. The van der Waals surface area contributed by atoms with Crippen LogP contribution in [-0.2, 0) is 47.5 Å². The van der Waals surface area contributed by atoms with E-state index >= 15 is 0 Å². The molecule has 0 radical (unpaired) electrons. The first kappa shape index (κ1) is 32.0. The van der Waals surface area contributed by atoms with Crippen molar-refractivity contribution in [2.24, 2.45) is 5.14 Å². The second kappa shape index (κ2) is 14.8. The monoisotopic (exact) mass is 647 g/mol. The Balaban J connectivity index is 0.00000342. The van der Waals surface area contributed by atoms with E-state index in [4.69, 9.17) is 5.14 Å². The maximum Gasteiger partial charge on any atom is 1.00 e. The number of halogens is 3. The normalized spacial score (nSPS) is 11.8. The van der Waals surface area contributed by atoms with Gasteiger partial charge in [0.1, 0.15) is 0 Å². The molecule has 0 spiro atoms. The molecule has 0 amide bonds. The van der Waals surface area contributed by atoms with Crippen LogP contribution in [0.3, 0.4) is 0 Å². The maximum atomic E-state index is 12.3. The number of hydrogen-bond acceptors (Lipinski definition) is 7. The van der Waals surface area contributed by atoms with E-state index in [-0.39, 0.29) is 35.9 Å². The number of thioether (sulfide) groups is 2. The minimum Gasteiger partial charge on any atom is -1.00 e. The van der Waals surface area contributed by atoms with Gasteiger partial charge in [0.2, 0.25) is 10.0 Å². The molecule has 3 rings (SSSR count). The molecule has 0 saturated heterocycles. The van der Waals surface area contributed by atoms with Crippen LogP contribution in [0.4, 0.5) is 9.05 Å². The molecular weight excluding hydrogens is 626 g/mol. The van der Waals surface area contributed by atoms with E-state index in [1.807, 2.05) is 0 Å². The average Bonchev–Trinajstić information content (AvgIpc) is 2.85. The number of hydrogen-bond donors (Lipinski definition) is 1. The van der Waals surface area contributed by atoms with E-state index in [1.165, 1.54) is 12.1 Å². The molecule has 0 heterocycles. The Labute approximate surface area is 249 Å². The van der Waals surface area contributed by atoms with Crippen molar-refractivity contribution in [3.05, 3.63) is 93.5 Å². The van der Waals surface area contributed by atoms with E-state index in [0.29, 0.717) is 15.8 Å².